The fourth-order valence-electron chi connectivity index (χ4n) is 3.75. The van der Waals surface area contributed by atoms with Crippen molar-refractivity contribution in [2.75, 3.05) is 12.0 Å². The van der Waals surface area contributed by atoms with Gasteiger partial charge >= 0.3 is 6.03 Å². The summed E-state index contributed by atoms with van der Waals surface area (Å²) in [6.45, 7) is 4.11. The number of benzene rings is 3. The number of ether oxygens (including phenoxy) is 2. The molecule has 1 heterocycles. The van der Waals surface area contributed by atoms with Crippen molar-refractivity contribution in [3.8, 4) is 11.5 Å². The molecule has 0 aliphatic carbocycles. The summed E-state index contributed by atoms with van der Waals surface area (Å²) in [7, 11) is 1.47. The molecule has 36 heavy (non-hydrogen) atoms. The highest BCUT2D eigenvalue weighted by Crippen LogP contribution is 2.38. The SMILES string of the molecule is COc1cc(/C=C2\C(=O)NC(=O)N(c3ccc(Br)c(C)c3)C2=O)cc(Cl)c1OCc1cccc(C)c1. The quantitative estimate of drug-likeness (QED) is 0.292. The molecule has 184 valence electrons. The number of anilines is 1. The van der Waals surface area contributed by atoms with E-state index in [9.17, 15) is 14.4 Å². The molecule has 1 fully saturated rings. The smallest absolute Gasteiger partial charge is 0.335 e. The first kappa shape index (κ1) is 25.5. The van der Waals surface area contributed by atoms with Gasteiger partial charge in [-0.2, -0.15) is 0 Å². The van der Waals surface area contributed by atoms with Crippen molar-refractivity contribution in [3.05, 3.63) is 91.9 Å². The van der Waals surface area contributed by atoms with Crippen LogP contribution in [-0.4, -0.2) is 25.0 Å². The van der Waals surface area contributed by atoms with Crippen LogP contribution >= 0.6 is 27.5 Å². The molecule has 0 atom stereocenters. The molecule has 9 heteroatoms. The third kappa shape index (κ3) is 5.29. The van der Waals surface area contributed by atoms with Crippen LogP contribution in [-0.2, 0) is 16.2 Å². The highest BCUT2D eigenvalue weighted by molar-refractivity contribution is 9.10. The number of halogens is 2. The van der Waals surface area contributed by atoms with Gasteiger partial charge in [-0.15, -0.1) is 0 Å². The van der Waals surface area contributed by atoms with Crippen LogP contribution < -0.4 is 19.7 Å². The zero-order valence-electron chi connectivity index (χ0n) is 19.7. The number of carbonyl (C=O) groups excluding carboxylic acids is 3. The number of hydrogen-bond acceptors (Lipinski definition) is 5. The zero-order valence-corrected chi connectivity index (χ0v) is 22.1. The summed E-state index contributed by atoms with van der Waals surface area (Å²) in [5.41, 5.74) is 3.45. The number of hydrogen-bond donors (Lipinski definition) is 1. The van der Waals surface area contributed by atoms with Gasteiger partial charge in [-0.25, -0.2) is 9.69 Å². The van der Waals surface area contributed by atoms with Crippen LogP contribution in [0.2, 0.25) is 5.02 Å². The number of imide groups is 2. The molecule has 3 aromatic rings. The number of nitrogens with one attached hydrogen (secondary N) is 1. The molecule has 1 aliphatic rings. The average molecular weight is 570 g/mol. The molecule has 0 spiro atoms. The molecule has 1 aliphatic heterocycles. The maximum atomic E-state index is 13.2. The molecule has 0 saturated carbocycles. The molecule has 0 unspecified atom stereocenters. The standard InChI is InChI=1S/C27H22BrClN2O5/c1-15-5-4-6-17(9-15)14-36-24-22(29)12-18(13-23(24)35-3)11-20-25(32)30-27(34)31(26(20)33)19-7-8-21(28)16(2)10-19/h4-13H,14H2,1-3H3,(H,30,32,34)/b20-11+. The molecule has 1 saturated heterocycles. The van der Waals surface area contributed by atoms with Gasteiger partial charge in [-0.1, -0.05) is 57.4 Å². The van der Waals surface area contributed by atoms with Gasteiger partial charge in [0.25, 0.3) is 11.8 Å². The van der Waals surface area contributed by atoms with Gasteiger partial charge in [0.15, 0.2) is 11.5 Å². The van der Waals surface area contributed by atoms with Gasteiger partial charge in [-0.05, 0) is 66.9 Å². The Morgan fingerprint density at radius 2 is 1.83 bits per heavy atom. The predicted octanol–water partition coefficient (Wildman–Crippen LogP) is 5.97. The second-order valence-corrected chi connectivity index (χ2v) is 9.46. The summed E-state index contributed by atoms with van der Waals surface area (Å²) in [5, 5.41) is 2.46. The minimum Gasteiger partial charge on any atom is -0.493 e. The number of rotatable bonds is 6. The first-order chi connectivity index (χ1) is 17.2. The van der Waals surface area contributed by atoms with E-state index in [1.807, 2.05) is 38.1 Å². The van der Waals surface area contributed by atoms with E-state index >= 15 is 0 Å². The molecule has 1 N–H and O–H groups in total. The summed E-state index contributed by atoms with van der Waals surface area (Å²) >= 11 is 9.89. The normalized spacial score (nSPS) is 14.8. The zero-order chi connectivity index (χ0) is 26.0. The average Bonchev–Trinajstić information content (AvgIpc) is 2.83. The lowest BCUT2D eigenvalue weighted by Crippen LogP contribution is -2.54. The fourth-order valence-corrected chi connectivity index (χ4v) is 4.27. The Bertz CT molecular complexity index is 1420. The topological polar surface area (TPSA) is 84.9 Å². The molecule has 0 aromatic heterocycles. The number of urea groups is 1. The third-order valence-corrected chi connectivity index (χ3v) is 6.70. The van der Waals surface area contributed by atoms with E-state index in [2.05, 4.69) is 21.2 Å². The Balaban J connectivity index is 1.65. The summed E-state index contributed by atoms with van der Waals surface area (Å²) in [4.78, 5) is 39.2. The number of barbiturate groups is 1. The molecule has 7 nitrogen and oxygen atoms in total. The van der Waals surface area contributed by atoms with Gasteiger partial charge < -0.3 is 9.47 Å². The molecule has 0 radical (unpaired) electrons. The van der Waals surface area contributed by atoms with Crippen LogP contribution in [0.3, 0.4) is 0 Å². The van der Waals surface area contributed by atoms with E-state index < -0.39 is 17.8 Å². The van der Waals surface area contributed by atoms with E-state index in [0.29, 0.717) is 22.7 Å². The lowest BCUT2D eigenvalue weighted by atomic mass is 10.1. The van der Waals surface area contributed by atoms with Gasteiger partial charge in [0, 0.05) is 4.47 Å². The van der Waals surface area contributed by atoms with Crippen LogP contribution in [0.25, 0.3) is 6.08 Å². The van der Waals surface area contributed by atoms with E-state index in [4.69, 9.17) is 21.1 Å². The number of carbonyl (C=O) groups is 3. The van der Waals surface area contributed by atoms with Crippen molar-refractivity contribution in [3.63, 3.8) is 0 Å². The maximum absolute atomic E-state index is 13.2. The van der Waals surface area contributed by atoms with Crippen molar-refractivity contribution < 1.29 is 23.9 Å². The number of aryl methyl sites for hydroxylation is 2. The highest BCUT2D eigenvalue weighted by Gasteiger charge is 2.37. The molecule has 3 aromatic carbocycles. The van der Waals surface area contributed by atoms with E-state index in [0.717, 1.165) is 26.1 Å². The lowest BCUT2D eigenvalue weighted by Gasteiger charge is -2.26. The summed E-state index contributed by atoms with van der Waals surface area (Å²) in [6.07, 6.45) is 1.36. The first-order valence-corrected chi connectivity index (χ1v) is 12.1. The monoisotopic (exact) mass is 568 g/mol. The number of nitrogens with zero attached hydrogens (tertiary/aromatic N) is 1. The minimum absolute atomic E-state index is 0.221. The van der Waals surface area contributed by atoms with Crippen molar-refractivity contribution in [2.45, 2.75) is 20.5 Å². The van der Waals surface area contributed by atoms with Gasteiger partial charge in [0.05, 0.1) is 17.8 Å². The molecule has 4 amide bonds. The first-order valence-electron chi connectivity index (χ1n) is 10.9. The van der Waals surface area contributed by atoms with Crippen LogP contribution in [0.5, 0.6) is 11.5 Å². The van der Waals surface area contributed by atoms with Crippen LogP contribution in [0.1, 0.15) is 22.3 Å². The van der Waals surface area contributed by atoms with Crippen molar-refractivity contribution in [1.82, 2.24) is 5.32 Å². The largest absolute Gasteiger partial charge is 0.493 e. The van der Waals surface area contributed by atoms with Crippen molar-refractivity contribution >= 4 is 57.1 Å². The maximum Gasteiger partial charge on any atom is 0.335 e. The minimum atomic E-state index is -0.820. The van der Waals surface area contributed by atoms with Crippen molar-refractivity contribution in [1.29, 1.82) is 0 Å². The Kier molecular flexibility index (Phi) is 7.47. The molecular weight excluding hydrogens is 548 g/mol. The van der Waals surface area contributed by atoms with Crippen LogP contribution in [0.4, 0.5) is 10.5 Å². The fraction of sp³-hybridized carbons (Fsp3) is 0.148. The molecule has 0 bridgehead atoms. The van der Waals surface area contributed by atoms with Gasteiger partial charge in [0.1, 0.15) is 12.2 Å². The van der Waals surface area contributed by atoms with Gasteiger partial charge in [-0.3, -0.25) is 14.9 Å². The highest BCUT2D eigenvalue weighted by atomic mass is 79.9. The Morgan fingerprint density at radius 3 is 2.53 bits per heavy atom. The summed E-state index contributed by atoms with van der Waals surface area (Å²) in [5.74, 6) is -0.878. The Labute approximate surface area is 221 Å². The Morgan fingerprint density at radius 1 is 1.06 bits per heavy atom. The van der Waals surface area contributed by atoms with Gasteiger partial charge in [0.2, 0.25) is 0 Å². The Hall–Kier alpha value is -3.62. The summed E-state index contributed by atoms with van der Waals surface area (Å²) in [6, 6.07) is 15.3. The third-order valence-electron chi connectivity index (χ3n) is 5.53. The number of methoxy groups -OCH3 is 1. The van der Waals surface area contributed by atoms with E-state index in [1.54, 1.807) is 30.3 Å². The number of amides is 4. The molecule has 4 rings (SSSR count). The molecular formula is C27H22BrClN2O5. The second-order valence-electron chi connectivity index (χ2n) is 8.20. The van der Waals surface area contributed by atoms with E-state index in [1.165, 1.54) is 13.2 Å². The van der Waals surface area contributed by atoms with Crippen LogP contribution in [0.15, 0.2) is 64.6 Å². The van der Waals surface area contributed by atoms with Crippen LogP contribution in [0, 0.1) is 13.8 Å². The lowest BCUT2D eigenvalue weighted by molar-refractivity contribution is -0.122. The van der Waals surface area contributed by atoms with E-state index in [-0.39, 0.29) is 17.2 Å². The summed E-state index contributed by atoms with van der Waals surface area (Å²) < 4.78 is 12.2. The predicted molar refractivity (Wildman–Crippen MR) is 141 cm³/mol. The van der Waals surface area contributed by atoms with Crippen molar-refractivity contribution in [2.24, 2.45) is 0 Å². The second kappa shape index (κ2) is 10.6.